The number of aliphatic hydroxyl groups excluding tert-OH is 1. The largest absolute Gasteiger partial charge is 2.00 e. The molecule has 0 amide bonds. The minimum absolute atomic E-state index is 0. The van der Waals surface area contributed by atoms with E-state index in [-0.39, 0.29) is 42.9 Å². The van der Waals surface area contributed by atoms with Crippen molar-refractivity contribution in [1.29, 1.82) is 0 Å². The van der Waals surface area contributed by atoms with Gasteiger partial charge in [0.15, 0.2) is 0 Å². The predicted octanol–water partition coefficient (Wildman–Crippen LogP) is 1.20. The Labute approximate surface area is 74.4 Å². The van der Waals surface area contributed by atoms with Crippen LogP contribution in [0.3, 0.4) is 0 Å². The van der Waals surface area contributed by atoms with Gasteiger partial charge >= 0.3 is 23.1 Å². The van der Waals surface area contributed by atoms with E-state index in [2.05, 4.69) is 6.92 Å². The summed E-state index contributed by atoms with van der Waals surface area (Å²) in [6.45, 7) is 2.40. The number of halogens is 1. The van der Waals surface area contributed by atoms with Gasteiger partial charge in [-0.15, -0.1) is 17.0 Å². The summed E-state index contributed by atoms with van der Waals surface area (Å²) in [7, 11) is 0. The average Bonchev–Trinajstić information content (AvgIpc) is 1.41. The summed E-state index contributed by atoms with van der Waals surface area (Å²) in [6, 6.07) is 0. The van der Waals surface area contributed by atoms with Crippen LogP contribution < -0.4 is 0 Å². The molecular weight excluding hydrogens is 168 g/mol. The molecule has 0 aromatic rings. The topological polar surface area (TPSA) is 20.2 Å². The Morgan fingerprint density at radius 1 is 1.57 bits per heavy atom. The van der Waals surface area contributed by atoms with Gasteiger partial charge in [0.1, 0.15) is 0 Å². The third kappa shape index (κ3) is 19.0. The zero-order valence-corrected chi connectivity index (χ0v) is 7.81. The third-order valence-electron chi connectivity index (χ3n) is 0.512. The number of aliphatic hydroxyl groups is 1. The summed E-state index contributed by atoms with van der Waals surface area (Å²) in [6.07, 6.45) is 2.04. The molecule has 0 atom stereocenters. The fourth-order valence-corrected chi connectivity index (χ4v) is 0.158. The van der Waals surface area contributed by atoms with E-state index in [1.807, 2.05) is 0 Å². The molecule has 0 fully saturated rings. The molecule has 0 heterocycles. The van der Waals surface area contributed by atoms with E-state index >= 15 is 0 Å². The molecular formula is C4H13BrMgO. The van der Waals surface area contributed by atoms with Gasteiger partial charge in [-0.3, -0.25) is 0 Å². The van der Waals surface area contributed by atoms with Gasteiger partial charge in [0.05, 0.1) is 0 Å². The first kappa shape index (κ1) is 15.7. The van der Waals surface area contributed by atoms with Crippen LogP contribution in [0.4, 0.5) is 0 Å². The molecule has 0 spiro atoms. The molecule has 3 heteroatoms. The van der Waals surface area contributed by atoms with Crippen molar-refractivity contribution in [1.82, 2.24) is 0 Å². The second kappa shape index (κ2) is 15.7. The number of rotatable bonds is 2. The fourth-order valence-electron chi connectivity index (χ4n) is 0.158. The molecule has 0 rings (SSSR count). The standard InChI is InChI=1S/C4H10O.BrH.Mg.2H/c1-2-3-4-5;;;;/h5H,2-4H2,1H3;1H;;;/q;;+2;2*-1. The van der Waals surface area contributed by atoms with Crippen molar-refractivity contribution in [3.8, 4) is 0 Å². The molecule has 0 bridgehead atoms. The van der Waals surface area contributed by atoms with E-state index < -0.39 is 0 Å². The summed E-state index contributed by atoms with van der Waals surface area (Å²) < 4.78 is 0. The van der Waals surface area contributed by atoms with Crippen LogP contribution in [-0.4, -0.2) is 34.8 Å². The number of unbranched alkanes of at least 4 members (excludes halogenated alkanes) is 1. The summed E-state index contributed by atoms with van der Waals surface area (Å²) in [5, 5.41) is 8.07. The van der Waals surface area contributed by atoms with Gasteiger partial charge in [-0.1, -0.05) is 13.3 Å². The second-order valence-electron chi connectivity index (χ2n) is 1.08. The third-order valence-corrected chi connectivity index (χ3v) is 0.512. The van der Waals surface area contributed by atoms with Crippen molar-refractivity contribution in [2.45, 2.75) is 19.8 Å². The molecule has 0 aliphatic heterocycles. The minimum atomic E-state index is 0. The maximum absolute atomic E-state index is 8.07. The van der Waals surface area contributed by atoms with Gasteiger partial charge in [-0.05, 0) is 6.42 Å². The van der Waals surface area contributed by atoms with Crippen molar-refractivity contribution >= 4 is 40.0 Å². The summed E-state index contributed by atoms with van der Waals surface area (Å²) in [4.78, 5) is 0. The van der Waals surface area contributed by atoms with E-state index in [4.69, 9.17) is 5.11 Å². The Morgan fingerprint density at radius 3 is 2.00 bits per heavy atom. The molecule has 0 aromatic heterocycles. The van der Waals surface area contributed by atoms with Crippen molar-refractivity contribution < 1.29 is 7.96 Å². The molecule has 0 radical (unpaired) electrons. The molecule has 0 unspecified atom stereocenters. The first-order chi connectivity index (χ1) is 2.41. The van der Waals surface area contributed by atoms with Crippen molar-refractivity contribution in [3.63, 3.8) is 0 Å². The van der Waals surface area contributed by atoms with Crippen molar-refractivity contribution in [2.24, 2.45) is 0 Å². The van der Waals surface area contributed by atoms with Gasteiger partial charge in [0, 0.05) is 6.61 Å². The molecule has 0 aliphatic rings. The van der Waals surface area contributed by atoms with Crippen LogP contribution in [0.1, 0.15) is 22.6 Å². The molecule has 0 aromatic carbocycles. The minimum Gasteiger partial charge on any atom is -1.00 e. The molecule has 1 N–H and O–H groups in total. The molecule has 7 heavy (non-hydrogen) atoms. The second-order valence-corrected chi connectivity index (χ2v) is 1.08. The normalized spacial score (nSPS) is 6.00. The van der Waals surface area contributed by atoms with E-state index in [9.17, 15) is 0 Å². The van der Waals surface area contributed by atoms with Crippen LogP contribution in [0, 0.1) is 0 Å². The Kier molecular flexibility index (Phi) is 35.2. The van der Waals surface area contributed by atoms with Crippen molar-refractivity contribution in [2.75, 3.05) is 6.61 Å². The predicted molar refractivity (Wildman–Crippen MR) is 40.3 cm³/mol. The van der Waals surface area contributed by atoms with Gasteiger partial charge in [0.25, 0.3) is 0 Å². The fraction of sp³-hybridized carbons (Fsp3) is 1.00. The summed E-state index contributed by atoms with van der Waals surface area (Å²) in [5.41, 5.74) is 0. The summed E-state index contributed by atoms with van der Waals surface area (Å²) in [5.74, 6) is 0. The average molecular weight is 181 g/mol. The first-order valence-electron chi connectivity index (χ1n) is 2.02. The van der Waals surface area contributed by atoms with Crippen molar-refractivity contribution in [3.05, 3.63) is 0 Å². The zero-order valence-electron chi connectivity index (χ0n) is 6.68. The van der Waals surface area contributed by atoms with E-state index in [1.165, 1.54) is 0 Å². The van der Waals surface area contributed by atoms with Crippen LogP contribution in [0.2, 0.25) is 0 Å². The van der Waals surface area contributed by atoms with E-state index in [1.54, 1.807) is 0 Å². The maximum atomic E-state index is 8.07. The van der Waals surface area contributed by atoms with Gasteiger partial charge in [-0.25, -0.2) is 0 Å². The molecule has 44 valence electrons. The Bertz CT molecular complexity index is 26.0. The van der Waals surface area contributed by atoms with Gasteiger partial charge in [0.2, 0.25) is 0 Å². The van der Waals surface area contributed by atoms with Gasteiger partial charge < -0.3 is 7.96 Å². The Balaban J connectivity index is -0.0000000133. The molecule has 1 nitrogen and oxygen atoms in total. The Morgan fingerprint density at radius 2 is 2.00 bits per heavy atom. The maximum Gasteiger partial charge on any atom is 2.00 e. The number of hydrogen-bond acceptors (Lipinski definition) is 1. The molecule has 0 aliphatic carbocycles. The van der Waals surface area contributed by atoms with Crippen LogP contribution in [0.25, 0.3) is 0 Å². The zero-order chi connectivity index (χ0) is 4.12. The monoisotopic (exact) mass is 180 g/mol. The quantitative estimate of drug-likeness (QED) is 0.635. The smallest absolute Gasteiger partial charge is 1.00 e. The first-order valence-corrected chi connectivity index (χ1v) is 2.02. The van der Waals surface area contributed by atoms with E-state index in [0.29, 0.717) is 6.61 Å². The summed E-state index contributed by atoms with van der Waals surface area (Å²) >= 11 is 0. The SMILES string of the molecule is Br.CCCCO.[H-].[H-].[Mg+2]. The molecule has 0 saturated heterocycles. The van der Waals surface area contributed by atoms with Crippen LogP contribution in [-0.2, 0) is 0 Å². The molecule has 0 saturated carbocycles. The Hall–Kier alpha value is 1.21. The van der Waals surface area contributed by atoms with Crippen LogP contribution >= 0.6 is 17.0 Å². The van der Waals surface area contributed by atoms with Crippen LogP contribution in [0.5, 0.6) is 0 Å². The van der Waals surface area contributed by atoms with Gasteiger partial charge in [-0.2, -0.15) is 0 Å². The number of hydrogen-bond donors (Lipinski definition) is 1. The van der Waals surface area contributed by atoms with Crippen LogP contribution in [0.15, 0.2) is 0 Å². The van der Waals surface area contributed by atoms with E-state index in [0.717, 1.165) is 12.8 Å².